The number of ether oxygens (including phenoxy) is 1. The number of methoxy groups -OCH3 is 1. The second-order valence-corrected chi connectivity index (χ2v) is 5.90. The highest BCUT2D eigenvalue weighted by Gasteiger charge is 2.20. The van der Waals surface area contributed by atoms with Crippen LogP contribution in [0.2, 0.25) is 0 Å². The average Bonchev–Trinajstić information content (AvgIpc) is 2.44. The molecule has 4 nitrogen and oxygen atoms in total. The summed E-state index contributed by atoms with van der Waals surface area (Å²) in [5, 5.41) is 0. The van der Waals surface area contributed by atoms with Crippen LogP contribution in [0.25, 0.3) is 0 Å². The van der Waals surface area contributed by atoms with Gasteiger partial charge in [-0.2, -0.15) is 0 Å². The number of nitrogens with zero attached hydrogens (tertiary/aromatic N) is 2. The highest BCUT2D eigenvalue weighted by atomic mass is 79.9. The molecule has 0 fully saturated rings. The van der Waals surface area contributed by atoms with Gasteiger partial charge in [-0.05, 0) is 55.1 Å². The summed E-state index contributed by atoms with van der Waals surface area (Å²) < 4.78 is 19.4. The summed E-state index contributed by atoms with van der Waals surface area (Å²) >= 11 is 3.11. The molecule has 0 saturated carbocycles. The molecule has 0 saturated heterocycles. The zero-order chi connectivity index (χ0) is 15.8. The van der Waals surface area contributed by atoms with Crippen LogP contribution in [-0.4, -0.2) is 63.2 Å². The standard InChI is InChI=1S/C15H22BrFN2O2/c1-18(2)8-5-9-19(10-11-21-3)15(20)12-6-4-7-13(16)14(12)17/h4,6-7H,5,8-11H2,1-3H3. The third-order valence-electron chi connectivity index (χ3n) is 3.07. The number of rotatable bonds is 8. The Hall–Kier alpha value is -0.980. The normalized spacial score (nSPS) is 11.0. The molecule has 118 valence electrons. The van der Waals surface area contributed by atoms with Crippen molar-refractivity contribution in [2.24, 2.45) is 0 Å². The van der Waals surface area contributed by atoms with Crippen LogP contribution >= 0.6 is 15.9 Å². The second kappa shape index (κ2) is 9.12. The van der Waals surface area contributed by atoms with E-state index in [2.05, 4.69) is 20.8 Å². The van der Waals surface area contributed by atoms with Crippen LogP contribution in [0.1, 0.15) is 16.8 Å². The maximum atomic E-state index is 14.1. The Labute approximate surface area is 134 Å². The third-order valence-corrected chi connectivity index (χ3v) is 3.68. The lowest BCUT2D eigenvalue weighted by Gasteiger charge is -2.23. The quantitative estimate of drug-likeness (QED) is 0.714. The van der Waals surface area contributed by atoms with Gasteiger partial charge < -0.3 is 14.5 Å². The van der Waals surface area contributed by atoms with Gasteiger partial charge in [0.25, 0.3) is 5.91 Å². The molecule has 0 aliphatic rings. The van der Waals surface area contributed by atoms with E-state index < -0.39 is 5.82 Å². The van der Waals surface area contributed by atoms with Gasteiger partial charge in [-0.3, -0.25) is 4.79 Å². The zero-order valence-electron chi connectivity index (χ0n) is 12.7. The van der Waals surface area contributed by atoms with Crippen molar-refractivity contribution in [3.05, 3.63) is 34.1 Å². The summed E-state index contributed by atoms with van der Waals surface area (Å²) in [5.41, 5.74) is 0.0883. The molecule has 0 spiro atoms. The number of halogens is 2. The summed E-state index contributed by atoms with van der Waals surface area (Å²) in [7, 11) is 5.55. The number of carbonyl (C=O) groups excluding carboxylic acids is 1. The van der Waals surface area contributed by atoms with Crippen molar-refractivity contribution in [1.29, 1.82) is 0 Å². The van der Waals surface area contributed by atoms with Crippen molar-refractivity contribution in [2.75, 3.05) is 47.4 Å². The van der Waals surface area contributed by atoms with E-state index >= 15 is 0 Å². The van der Waals surface area contributed by atoms with E-state index in [4.69, 9.17) is 4.74 Å². The van der Waals surface area contributed by atoms with Gasteiger partial charge in [-0.1, -0.05) is 6.07 Å². The van der Waals surface area contributed by atoms with Gasteiger partial charge in [0.2, 0.25) is 0 Å². The minimum atomic E-state index is -0.516. The van der Waals surface area contributed by atoms with Crippen molar-refractivity contribution >= 4 is 21.8 Å². The molecule has 0 heterocycles. The van der Waals surface area contributed by atoms with Gasteiger partial charge in [0, 0.05) is 20.2 Å². The van der Waals surface area contributed by atoms with E-state index in [1.807, 2.05) is 14.1 Å². The van der Waals surface area contributed by atoms with Crippen LogP contribution in [0, 0.1) is 5.82 Å². The monoisotopic (exact) mass is 360 g/mol. The second-order valence-electron chi connectivity index (χ2n) is 5.04. The van der Waals surface area contributed by atoms with Crippen LogP contribution in [0.15, 0.2) is 22.7 Å². The molecule has 0 bridgehead atoms. The fourth-order valence-electron chi connectivity index (χ4n) is 1.93. The highest BCUT2D eigenvalue weighted by Crippen LogP contribution is 2.20. The molecular weight excluding hydrogens is 339 g/mol. The molecule has 0 aliphatic carbocycles. The SMILES string of the molecule is COCCN(CCCN(C)C)C(=O)c1cccc(Br)c1F. The minimum absolute atomic E-state index is 0.0883. The molecule has 0 N–H and O–H groups in total. The number of amides is 1. The predicted molar refractivity (Wildman–Crippen MR) is 85.1 cm³/mol. The Balaban J connectivity index is 2.80. The Morgan fingerprint density at radius 2 is 2.00 bits per heavy atom. The molecule has 6 heteroatoms. The minimum Gasteiger partial charge on any atom is -0.383 e. The van der Waals surface area contributed by atoms with Gasteiger partial charge in [0.05, 0.1) is 16.6 Å². The molecule has 0 aromatic heterocycles. The van der Waals surface area contributed by atoms with Gasteiger partial charge in [-0.15, -0.1) is 0 Å². The first-order valence-corrected chi connectivity index (χ1v) is 7.63. The Morgan fingerprint density at radius 1 is 1.29 bits per heavy atom. The zero-order valence-corrected chi connectivity index (χ0v) is 14.3. The first-order valence-electron chi connectivity index (χ1n) is 6.84. The third kappa shape index (κ3) is 5.73. The summed E-state index contributed by atoms with van der Waals surface area (Å²) in [6, 6.07) is 4.75. The van der Waals surface area contributed by atoms with E-state index in [0.717, 1.165) is 13.0 Å². The first-order chi connectivity index (χ1) is 9.97. The summed E-state index contributed by atoms with van der Waals surface area (Å²) in [6.45, 7) is 2.34. The molecule has 0 aliphatic heterocycles. The van der Waals surface area contributed by atoms with Crippen LogP contribution in [0.3, 0.4) is 0 Å². The van der Waals surface area contributed by atoms with Crippen LogP contribution in [-0.2, 0) is 4.74 Å². The largest absolute Gasteiger partial charge is 0.383 e. The van der Waals surface area contributed by atoms with Gasteiger partial charge in [-0.25, -0.2) is 4.39 Å². The van der Waals surface area contributed by atoms with E-state index in [1.54, 1.807) is 24.1 Å². The van der Waals surface area contributed by atoms with Crippen LogP contribution in [0.4, 0.5) is 4.39 Å². The summed E-state index contributed by atoms with van der Waals surface area (Å²) in [6.07, 6.45) is 0.831. The molecule has 0 unspecified atom stereocenters. The van der Waals surface area contributed by atoms with Gasteiger partial charge in [0.1, 0.15) is 5.82 Å². The molecule has 1 aromatic rings. The lowest BCUT2D eigenvalue weighted by Crippen LogP contribution is -2.36. The average molecular weight is 361 g/mol. The predicted octanol–water partition coefficient (Wildman–Crippen LogP) is 2.63. The van der Waals surface area contributed by atoms with Crippen molar-refractivity contribution < 1.29 is 13.9 Å². The smallest absolute Gasteiger partial charge is 0.256 e. The molecular formula is C15H22BrFN2O2. The molecule has 21 heavy (non-hydrogen) atoms. The van der Waals surface area contributed by atoms with Gasteiger partial charge in [0.15, 0.2) is 0 Å². The van der Waals surface area contributed by atoms with Crippen molar-refractivity contribution in [1.82, 2.24) is 9.80 Å². The van der Waals surface area contributed by atoms with E-state index in [-0.39, 0.29) is 11.5 Å². The highest BCUT2D eigenvalue weighted by molar-refractivity contribution is 9.10. The maximum absolute atomic E-state index is 14.1. The number of hydrogen-bond donors (Lipinski definition) is 0. The van der Waals surface area contributed by atoms with E-state index in [0.29, 0.717) is 24.2 Å². The molecule has 0 radical (unpaired) electrons. The lowest BCUT2D eigenvalue weighted by molar-refractivity contribution is 0.0684. The van der Waals surface area contributed by atoms with Crippen LogP contribution < -0.4 is 0 Å². The molecule has 1 aromatic carbocycles. The number of benzene rings is 1. The molecule has 1 rings (SSSR count). The lowest BCUT2D eigenvalue weighted by atomic mass is 10.1. The van der Waals surface area contributed by atoms with Crippen molar-refractivity contribution in [2.45, 2.75) is 6.42 Å². The topological polar surface area (TPSA) is 32.8 Å². The Morgan fingerprint density at radius 3 is 2.62 bits per heavy atom. The maximum Gasteiger partial charge on any atom is 0.256 e. The van der Waals surface area contributed by atoms with E-state index in [9.17, 15) is 9.18 Å². The van der Waals surface area contributed by atoms with Crippen LogP contribution in [0.5, 0.6) is 0 Å². The fraction of sp³-hybridized carbons (Fsp3) is 0.533. The van der Waals surface area contributed by atoms with E-state index in [1.165, 1.54) is 6.07 Å². The first kappa shape index (κ1) is 18.1. The van der Waals surface area contributed by atoms with Crippen molar-refractivity contribution in [3.63, 3.8) is 0 Å². The van der Waals surface area contributed by atoms with Crippen molar-refractivity contribution in [3.8, 4) is 0 Å². The number of carbonyl (C=O) groups is 1. The fourth-order valence-corrected chi connectivity index (χ4v) is 2.30. The Bertz CT molecular complexity index is 469. The molecule has 0 atom stereocenters. The summed E-state index contributed by atoms with van der Waals surface area (Å²) in [5.74, 6) is -0.817. The van der Waals surface area contributed by atoms with Gasteiger partial charge >= 0.3 is 0 Å². The Kier molecular flexibility index (Phi) is 7.85. The molecule has 1 amide bonds. The number of hydrogen-bond acceptors (Lipinski definition) is 3. The summed E-state index contributed by atoms with van der Waals surface area (Å²) in [4.78, 5) is 16.2.